The Bertz CT molecular complexity index is 798. The maximum absolute atomic E-state index is 9.17. The van der Waals surface area contributed by atoms with Crippen LogP contribution < -0.4 is 5.73 Å². The highest BCUT2D eigenvalue weighted by Crippen LogP contribution is 2.27. The fraction of sp³-hybridized carbons (Fsp3) is 0. The van der Waals surface area contributed by atoms with E-state index in [1.807, 2.05) is 48.5 Å². The SMILES string of the molecule is N#Cc1ccccc1-c1ccc2ccc(N)cc2c1. The molecule has 0 fully saturated rings. The highest BCUT2D eigenvalue weighted by molar-refractivity contribution is 5.90. The first-order chi connectivity index (χ1) is 9.28. The molecule has 0 radical (unpaired) electrons. The summed E-state index contributed by atoms with van der Waals surface area (Å²) >= 11 is 0. The van der Waals surface area contributed by atoms with Gasteiger partial charge in [0.15, 0.2) is 0 Å². The van der Waals surface area contributed by atoms with Gasteiger partial charge >= 0.3 is 0 Å². The van der Waals surface area contributed by atoms with Gasteiger partial charge in [-0.25, -0.2) is 0 Å². The summed E-state index contributed by atoms with van der Waals surface area (Å²) in [6, 6.07) is 21.9. The molecule has 0 saturated heterocycles. The molecular weight excluding hydrogens is 232 g/mol. The van der Waals surface area contributed by atoms with Crippen LogP contribution in [-0.2, 0) is 0 Å². The summed E-state index contributed by atoms with van der Waals surface area (Å²) in [6.45, 7) is 0. The molecule has 0 bridgehead atoms. The fourth-order valence-corrected chi connectivity index (χ4v) is 2.27. The minimum atomic E-state index is 0.686. The topological polar surface area (TPSA) is 49.8 Å². The third-order valence-corrected chi connectivity index (χ3v) is 3.22. The first-order valence-corrected chi connectivity index (χ1v) is 6.07. The van der Waals surface area contributed by atoms with Crippen LogP contribution in [0, 0.1) is 11.3 Å². The van der Waals surface area contributed by atoms with Crippen LogP contribution >= 0.6 is 0 Å². The molecule has 0 heterocycles. The van der Waals surface area contributed by atoms with E-state index < -0.39 is 0 Å². The van der Waals surface area contributed by atoms with Crippen LogP contribution in [-0.4, -0.2) is 0 Å². The summed E-state index contributed by atoms with van der Waals surface area (Å²) in [7, 11) is 0. The first kappa shape index (κ1) is 11.3. The van der Waals surface area contributed by atoms with Crippen molar-refractivity contribution in [3.63, 3.8) is 0 Å². The molecule has 3 aromatic rings. The van der Waals surface area contributed by atoms with E-state index in [1.54, 1.807) is 0 Å². The molecule has 3 rings (SSSR count). The van der Waals surface area contributed by atoms with Gasteiger partial charge in [0.2, 0.25) is 0 Å². The van der Waals surface area contributed by atoms with E-state index in [0.717, 1.165) is 27.6 Å². The molecule has 2 nitrogen and oxygen atoms in total. The average Bonchev–Trinajstić information content (AvgIpc) is 2.46. The van der Waals surface area contributed by atoms with Gasteiger partial charge in [-0.3, -0.25) is 0 Å². The van der Waals surface area contributed by atoms with Crippen LogP contribution in [0.2, 0.25) is 0 Å². The minimum absolute atomic E-state index is 0.686. The number of hydrogen-bond acceptors (Lipinski definition) is 2. The van der Waals surface area contributed by atoms with E-state index in [-0.39, 0.29) is 0 Å². The number of nitrogens with two attached hydrogens (primary N) is 1. The van der Waals surface area contributed by atoms with Crippen molar-refractivity contribution in [3.8, 4) is 17.2 Å². The number of nitrogen functional groups attached to an aromatic ring is 1. The minimum Gasteiger partial charge on any atom is -0.399 e. The summed E-state index contributed by atoms with van der Waals surface area (Å²) in [5, 5.41) is 11.4. The van der Waals surface area contributed by atoms with Crippen LogP contribution in [0.1, 0.15) is 5.56 Å². The number of hydrogen-bond donors (Lipinski definition) is 1. The number of fused-ring (bicyclic) bond motifs is 1. The molecule has 90 valence electrons. The molecule has 2 heteroatoms. The molecule has 0 saturated carbocycles. The Morgan fingerprint density at radius 2 is 1.63 bits per heavy atom. The second-order valence-electron chi connectivity index (χ2n) is 4.48. The average molecular weight is 244 g/mol. The van der Waals surface area contributed by atoms with Gasteiger partial charge < -0.3 is 5.73 Å². The predicted molar refractivity (Wildman–Crippen MR) is 78.5 cm³/mol. The highest BCUT2D eigenvalue weighted by atomic mass is 14.5. The van der Waals surface area contributed by atoms with Crippen molar-refractivity contribution in [2.24, 2.45) is 0 Å². The maximum atomic E-state index is 9.17. The summed E-state index contributed by atoms with van der Waals surface area (Å²) in [6.07, 6.45) is 0. The Labute approximate surface area is 111 Å². The van der Waals surface area contributed by atoms with Gasteiger partial charge in [-0.05, 0) is 46.2 Å². The zero-order valence-corrected chi connectivity index (χ0v) is 10.3. The van der Waals surface area contributed by atoms with Gasteiger partial charge in [0, 0.05) is 5.69 Å². The standard InChI is InChI=1S/C17H12N2/c18-11-14-3-1-2-4-17(14)13-6-5-12-7-8-16(19)10-15(12)9-13/h1-10H,19H2. The molecule has 0 aliphatic carbocycles. The number of nitrogens with zero attached hydrogens (tertiary/aromatic N) is 1. The van der Waals surface area contributed by atoms with Gasteiger partial charge in [0.25, 0.3) is 0 Å². The molecule has 0 aromatic heterocycles. The van der Waals surface area contributed by atoms with Gasteiger partial charge in [-0.2, -0.15) is 5.26 Å². The second-order valence-corrected chi connectivity index (χ2v) is 4.48. The van der Waals surface area contributed by atoms with Gasteiger partial charge in [0.1, 0.15) is 0 Å². The Morgan fingerprint density at radius 1 is 0.842 bits per heavy atom. The maximum Gasteiger partial charge on any atom is 0.0998 e. The van der Waals surface area contributed by atoms with Crippen molar-refractivity contribution in [1.82, 2.24) is 0 Å². The van der Waals surface area contributed by atoms with Gasteiger partial charge in [0.05, 0.1) is 11.6 Å². The molecule has 19 heavy (non-hydrogen) atoms. The third kappa shape index (κ3) is 2.02. The molecule has 0 atom stereocenters. The monoisotopic (exact) mass is 244 g/mol. The molecule has 2 N–H and O–H groups in total. The smallest absolute Gasteiger partial charge is 0.0998 e. The van der Waals surface area contributed by atoms with E-state index in [0.29, 0.717) is 5.56 Å². The summed E-state index contributed by atoms with van der Waals surface area (Å²) in [5.74, 6) is 0. The Morgan fingerprint density at radius 3 is 2.47 bits per heavy atom. The Kier molecular flexibility index (Phi) is 2.66. The first-order valence-electron chi connectivity index (χ1n) is 6.07. The molecule has 0 aliphatic rings. The van der Waals surface area contributed by atoms with Crippen molar-refractivity contribution < 1.29 is 0 Å². The summed E-state index contributed by atoms with van der Waals surface area (Å²) in [5.41, 5.74) is 9.24. The lowest BCUT2D eigenvalue weighted by Crippen LogP contribution is -1.86. The molecule has 3 aromatic carbocycles. The van der Waals surface area contributed by atoms with E-state index in [9.17, 15) is 0 Å². The summed E-state index contributed by atoms with van der Waals surface area (Å²) in [4.78, 5) is 0. The van der Waals surface area contributed by atoms with E-state index in [4.69, 9.17) is 11.0 Å². The molecule has 0 aliphatic heterocycles. The second kappa shape index (κ2) is 4.47. The predicted octanol–water partition coefficient (Wildman–Crippen LogP) is 3.96. The molecule has 0 unspecified atom stereocenters. The lowest BCUT2D eigenvalue weighted by atomic mass is 9.97. The number of benzene rings is 3. The van der Waals surface area contributed by atoms with Crippen molar-refractivity contribution in [2.75, 3.05) is 5.73 Å². The largest absolute Gasteiger partial charge is 0.399 e. The zero-order valence-electron chi connectivity index (χ0n) is 10.3. The van der Waals surface area contributed by atoms with E-state index in [2.05, 4.69) is 18.2 Å². The Hall–Kier alpha value is -2.79. The number of rotatable bonds is 1. The zero-order chi connectivity index (χ0) is 13.2. The van der Waals surface area contributed by atoms with Gasteiger partial charge in [-0.15, -0.1) is 0 Å². The van der Waals surface area contributed by atoms with Crippen molar-refractivity contribution in [2.45, 2.75) is 0 Å². The molecule has 0 spiro atoms. The van der Waals surface area contributed by atoms with E-state index in [1.165, 1.54) is 0 Å². The van der Waals surface area contributed by atoms with Crippen LogP contribution in [0.25, 0.3) is 21.9 Å². The Balaban J connectivity index is 2.23. The van der Waals surface area contributed by atoms with Crippen LogP contribution in [0.5, 0.6) is 0 Å². The molecule has 0 amide bonds. The van der Waals surface area contributed by atoms with Crippen LogP contribution in [0.3, 0.4) is 0 Å². The van der Waals surface area contributed by atoms with Crippen molar-refractivity contribution in [1.29, 1.82) is 5.26 Å². The van der Waals surface area contributed by atoms with Crippen molar-refractivity contribution in [3.05, 3.63) is 66.2 Å². The normalized spacial score (nSPS) is 10.3. The lowest BCUT2D eigenvalue weighted by Gasteiger charge is -2.06. The summed E-state index contributed by atoms with van der Waals surface area (Å²) < 4.78 is 0. The highest BCUT2D eigenvalue weighted by Gasteiger charge is 2.04. The third-order valence-electron chi connectivity index (χ3n) is 3.22. The number of nitriles is 1. The van der Waals surface area contributed by atoms with Crippen LogP contribution in [0.15, 0.2) is 60.7 Å². The fourth-order valence-electron chi connectivity index (χ4n) is 2.27. The quantitative estimate of drug-likeness (QED) is 0.659. The van der Waals surface area contributed by atoms with Gasteiger partial charge in [-0.1, -0.05) is 36.4 Å². The van der Waals surface area contributed by atoms with Crippen LogP contribution in [0.4, 0.5) is 5.69 Å². The number of anilines is 1. The van der Waals surface area contributed by atoms with E-state index >= 15 is 0 Å². The lowest BCUT2D eigenvalue weighted by molar-refractivity contribution is 1.48. The van der Waals surface area contributed by atoms with Crippen molar-refractivity contribution >= 4 is 16.5 Å². The molecular formula is C17H12N2.